The van der Waals surface area contributed by atoms with E-state index in [1.807, 2.05) is 0 Å². The second-order valence-corrected chi connectivity index (χ2v) is 4.60. The standard InChI is InChI=1S/C8H7FN2O4S.K/c9-5-2-1-3-6(12)8(5)11-4-7(13)10-16(11,14)15;/h1-3H,4H2,(H2,10,12,13);/q;+1/p-1. The topological polar surface area (TPSA) is 88.8 Å². The molecule has 0 saturated carbocycles. The smallest absolute Gasteiger partial charge is 0.526 e. The van der Waals surface area contributed by atoms with Gasteiger partial charge in [-0.05, 0) is 12.1 Å². The zero-order valence-electron chi connectivity index (χ0n) is 8.79. The van der Waals surface area contributed by atoms with E-state index in [9.17, 15) is 22.7 Å². The summed E-state index contributed by atoms with van der Waals surface area (Å²) in [4.78, 5) is 10.9. The second-order valence-electron chi connectivity index (χ2n) is 3.08. The van der Waals surface area contributed by atoms with Gasteiger partial charge in [0.2, 0.25) is 0 Å². The first-order valence-electron chi connectivity index (χ1n) is 4.18. The quantitative estimate of drug-likeness (QED) is 0.577. The largest absolute Gasteiger partial charge is 1.00 e. The summed E-state index contributed by atoms with van der Waals surface area (Å²) in [6.45, 7) is -0.600. The van der Waals surface area contributed by atoms with Gasteiger partial charge in [0.05, 0.1) is 12.5 Å². The van der Waals surface area contributed by atoms with Gasteiger partial charge in [-0.2, -0.15) is 0 Å². The summed E-state index contributed by atoms with van der Waals surface area (Å²) in [5, 5.41) is 9.37. The van der Waals surface area contributed by atoms with E-state index in [-0.39, 0.29) is 51.4 Å². The molecule has 1 aromatic carbocycles. The number of hydrogen-bond donors (Lipinski definition) is 1. The van der Waals surface area contributed by atoms with Gasteiger partial charge in [0.15, 0.2) is 16.0 Å². The average Bonchev–Trinajstić information content (AvgIpc) is 2.39. The monoisotopic (exact) mass is 284 g/mol. The SMILES string of the molecule is O=C1CN(c2c(O)cccc2F)S(=O)(=O)[N-]1.[K+]. The number of para-hydroxylation sites is 1. The van der Waals surface area contributed by atoms with Crippen LogP contribution in [0.15, 0.2) is 18.2 Å². The molecule has 1 aliphatic heterocycles. The van der Waals surface area contributed by atoms with Crippen LogP contribution < -0.4 is 55.7 Å². The van der Waals surface area contributed by atoms with Crippen LogP contribution in [0.2, 0.25) is 0 Å². The molecule has 0 atom stereocenters. The van der Waals surface area contributed by atoms with E-state index < -0.39 is 39.9 Å². The van der Waals surface area contributed by atoms with Crippen LogP contribution >= 0.6 is 0 Å². The molecule has 86 valence electrons. The fraction of sp³-hybridized carbons (Fsp3) is 0.125. The maximum absolute atomic E-state index is 13.4. The molecule has 0 bridgehead atoms. The number of amides is 1. The molecule has 0 radical (unpaired) electrons. The van der Waals surface area contributed by atoms with E-state index >= 15 is 0 Å². The number of anilines is 1. The Balaban J connectivity index is 0.00000144. The van der Waals surface area contributed by atoms with Crippen molar-refractivity contribution in [2.75, 3.05) is 10.8 Å². The molecule has 2 rings (SSSR count). The molecule has 1 aromatic rings. The summed E-state index contributed by atoms with van der Waals surface area (Å²) in [6.07, 6.45) is 0. The van der Waals surface area contributed by atoms with Gasteiger partial charge in [-0.25, -0.2) is 12.8 Å². The zero-order chi connectivity index (χ0) is 11.9. The van der Waals surface area contributed by atoms with Gasteiger partial charge < -0.3 is 14.6 Å². The Morgan fingerprint density at radius 1 is 1.41 bits per heavy atom. The van der Waals surface area contributed by atoms with Crippen molar-refractivity contribution in [1.29, 1.82) is 0 Å². The Labute approximate surface area is 139 Å². The van der Waals surface area contributed by atoms with Gasteiger partial charge >= 0.3 is 51.4 Å². The maximum Gasteiger partial charge on any atom is 1.00 e. The molecule has 0 spiro atoms. The molecule has 1 fully saturated rings. The van der Waals surface area contributed by atoms with Crippen LogP contribution in [0.4, 0.5) is 10.1 Å². The number of benzene rings is 1. The predicted molar refractivity (Wildman–Crippen MR) is 52.7 cm³/mol. The third-order valence-electron chi connectivity index (χ3n) is 1.99. The van der Waals surface area contributed by atoms with Crippen LogP contribution in [-0.2, 0) is 15.0 Å². The van der Waals surface area contributed by atoms with E-state index in [1.165, 1.54) is 6.07 Å². The van der Waals surface area contributed by atoms with Crippen LogP contribution in [0.25, 0.3) is 4.72 Å². The first kappa shape index (κ1) is 14.9. The summed E-state index contributed by atoms with van der Waals surface area (Å²) in [6, 6.07) is 3.32. The van der Waals surface area contributed by atoms with E-state index in [0.29, 0.717) is 4.31 Å². The fourth-order valence-electron chi connectivity index (χ4n) is 1.36. The van der Waals surface area contributed by atoms with Gasteiger partial charge in [0.1, 0.15) is 11.4 Å². The molecule has 0 unspecified atom stereocenters. The van der Waals surface area contributed by atoms with Crippen molar-refractivity contribution < 1.29 is 74.1 Å². The maximum atomic E-state index is 13.4. The van der Waals surface area contributed by atoms with Crippen molar-refractivity contribution in [1.82, 2.24) is 0 Å². The minimum atomic E-state index is -4.23. The van der Waals surface area contributed by atoms with E-state index in [0.717, 1.165) is 12.1 Å². The second kappa shape index (κ2) is 5.20. The number of halogens is 1. The molecule has 0 aromatic heterocycles. The van der Waals surface area contributed by atoms with Crippen LogP contribution in [0, 0.1) is 5.82 Å². The van der Waals surface area contributed by atoms with Crippen molar-refractivity contribution in [3.8, 4) is 5.75 Å². The van der Waals surface area contributed by atoms with Gasteiger partial charge in [-0.3, -0.25) is 4.31 Å². The number of carbonyl (C=O) groups excluding carboxylic acids is 1. The molecule has 0 aliphatic carbocycles. The first-order valence-corrected chi connectivity index (χ1v) is 5.57. The third-order valence-corrected chi connectivity index (χ3v) is 3.29. The Kier molecular flexibility index (Phi) is 4.55. The summed E-state index contributed by atoms with van der Waals surface area (Å²) < 4.78 is 39.3. The Bertz CT molecular complexity index is 542. The van der Waals surface area contributed by atoms with Crippen LogP contribution in [0.3, 0.4) is 0 Å². The van der Waals surface area contributed by atoms with E-state index in [1.54, 1.807) is 0 Å². The summed E-state index contributed by atoms with van der Waals surface area (Å²) >= 11 is 0. The fourth-order valence-corrected chi connectivity index (χ4v) is 2.46. The van der Waals surface area contributed by atoms with E-state index in [4.69, 9.17) is 0 Å². The minimum Gasteiger partial charge on any atom is -0.526 e. The number of aromatic hydroxyl groups is 1. The number of phenols is 1. The zero-order valence-corrected chi connectivity index (χ0v) is 12.7. The van der Waals surface area contributed by atoms with Crippen LogP contribution in [0.5, 0.6) is 5.75 Å². The van der Waals surface area contributed by atoms with E-state index in [2.05, 4.69) is 4.72 Å². The molecule has 1 heterocycles. The van der Waals surface area contributed by atoms with Crippen molar-refractivity contribution in [2.45, 2.75) is 0 Å². The van der Waals surface area contributed by atoms with Gasteiger partial charge in [-0.1, -0.05) is 6.07 Å². The van der Waals surface area contributed by atoms with Crippen molar-refractivity contribution in [3.05, 3.63) is 28.7 Å². The number of nitrogens with zero attached hydrogens (tertiary/aromatic N) is 2. The first-order chi connectivity index (χ1) is 7.42. The molecule has 1 N–H and O–H groups in total. The molecule has 1 saturated heterocycles. The minimum absolute atomic E-state index is 0. The van der Waals surface area contributed by atoms with Gasteiger partial charge in [0, 0.05) is 0 Å². The number of rotatable bonds is 1. The number of phenolic OH excluding ortho intramolecular Hbond substituents is 1. The third kappa shape index (κ3) is 2.80. The summed E-state index contributed by atoms with van der Waals surface area (Å²) in [5.41, 5.74) is -0.558. The van der Waals surface area contributed by atoms with Gasteiger partial charge in [-0.15, -0.1) is 0 Å². The molecule has 6 nitrogen and oxygen atoms in total. The normalized spacial score (nSPS) is 17.5. The molecule has 1 amide bonds. The Morgan fingerprint density at radius 2 is 2.06 bits per heavy atom. The average molecular weight is 284 g/mol. The van der Waals surface area contributed by atoms with Crippen molar-refractivity contribution >= 4 is 21.8 Å². The molecular formula is C8H6FKN2O4S. The molecule has 17 heavy (non-hydrogen) atoms. The number of carbonyl (C=O) groups is 1. The predicted octanol–water partition coefficient (Wildman–Crippen LogP) is -2.50. The summed E-state index contributed by atoms with van der Waals surface area (Å²) in [7, 11) is -4.23. The Hall–Kier alpha value is -0.194. The van der Waals surface area contributed by atoms with Gasteiger partial charge in [0.25, 0.3) is 0 Å². The molecular weight excluding hydrogens is 278 g/mol. The van der Waals surface area contributed by atoms with Crippen molar-refractivity contribution in [2.24, 2.45) is 0 Å². The Morgan fingerprint density at radius 3 is 2.53 bits per heavy atom. The summed E-state index contributed by atoms with van der Waals surface area (Å²) in [5.74, 6) is -2.40. The molecule has 1 aliphatic rings. The van der Waals surface area contributed by atoms with Crippen LogP contribution in [-0.4, -0.2) is 26.0 Å². The number of hydrogen-bond acceptors (Lipinski definition) is 4. The molecule has 9 heteroatoms. The van der Waals surface area contributed by atoms with Crippen LogP contribution in [0.1, 0.15) is 0 Å². The van der Waals surface area contributed by atoms with Crippen molar-refractivity contribution in [3.63, 3.8) is 0 Å².